The van der Waals surface area contributed by atoms with Crippen LogP contribution in [0.2, 0.25) is 0 Å². The molecular weight excluding hydrogens is 112 g/mol. The molecule has 0 aromatic heterocycles. The summed E-state index contributed by atoms with van der Waals surface area (Å²) in [6, 6.07) is 0. The van der Waals surface area contributed by atoms with Crippen molar-refractivity contribution in [2.75, 3.05) is 0 Å². The predicted octanol–water partition coefficient (Wildman–Crippen LogP) is 1.54. The maximum atomic E-state index is 10.3. The number of hydrogen-bond acceptors (Lipinski definition) is 1. The Bertz CT molecular complexity index is 169. The number of aldehydes is 1. The zero-order chi connectivity index (χ0) is 6.27. The lowest BCUT2D eigenvalue weighted by molar-refractivity contribution is -0.105. The van der Waals surface area contributed by atoms with Crippen molar-refractivity contribution in [2.24, 2.45) is 11.8 Å². The van der Waals surface area contributed by atoms with Gasteiger partial charge < -0.3 is 0 Å². The summed E-state index contributed by atoms with van der Waals surface area (Å²) in [7, 11) is 0. The second-order valence-corrected chi connectivity index (χ2v) is 3.05. The van der Waals surface area contributed by atoms with Crippen molar-refractivity contribution in [3.63, 3.8) is 0 Å². The number of allylic oxidation sites excluding steroid dienone is 2. The molecule has 2 bridgehead atoms. The van der Waals surface area contributed by atoms with Gasteiger partial charge in [-0.2, -0.15) is 0 Å². The van der Waals surface area contributed by atoms with Gasteiger partial charge in [0.2, 0.25) is 0 Å². The molecule has 0 aromatic carbocycles. The summed E-state index contributed by atoms with van der Waals surface area (Å²) in [5.74, 6) is 1.41. The summed E-state index contributed by atoms with van der Waals surface area (Å²) >= 11 is 0. The van der Waals surface area contributed by atoms with E-state index in [9.17, 15) is 4.79 Å². The van der Waals surface area contributed by atoms with Crippen molar-refractivity contribution in [3.8, 4) is 0 Å². The van der Waals surface area contributed by atoms with Crippen LogP contribution < -0.4 is 0 Å². The van der Waals surface area contributed by atoms with Gasteiger partial charge >= 0.3 is 0 Å². The third-order valence-corrected chi connectivity index (χ3v) is 2.51. The molecule has 2 aliphatic rings. The first-order valence-electron chi connectivity index (χ1n) is 3.57. The summed E-state index contributed by atoms with van der Waals surface area (Å²) in [4.78, 5) is 10.3. The predicted molar refractivity (Wildman–Crippen MR) is 35.0 cm³/mol. The van der Waals surface area contributed by atoms with Gasteiger partial charge in [0.15, 0.2) is 0 Å². The van der Waals surface area contributed by atoms with Gasteiger partial charge in [-0.3, -0.25) is 4.79 Å². The van der Waals surface area contributed by atoms with Crippen LogP contribution in [0.15, 0.2) is 11.6 Å². The molecule has 2 atom stereocenters. The first-order chi connectivity index (χ1) is 4.40. The molecule has 0 aliphatic heterocycles. The summed E-state index contributed by atoms with van der Waals surface area (Å²) in [6.45, 7) is 0. The fourth-order valence-corrected chi connectivity index (χ4v) is 2.01. The Morgan fingerprint density at radius 1 is 1.56 bits per heavy atom. The van der Waals surface area contributed by atoms with Crippen LogP contribution in [0.1, 0.15) is 19.3 Å². The number of carbonyl (C=O) groups is 1. The highest BCUT2D eigenvalue weighted by Crippen LogP contribution is 2.42. The van der Waals surface area contributed by atoms with Crippen molar-refractivity contribution < 1.29 is 4.79 Å². The van der Waals surface area contributed by atoms with E-state index in [4.69, 9.17) is 0 Å². The van der Waals surface area contributed by atoms with E-state index < -0.39 is 0 Å². The van der Waals surface area contributed by atoms with Gasteiger partial charge in [0.1, 0.15) is 6.29 Å². The number of rotatable bonds is 1. The zero-order valence-electron chi connectivity index (χ0n) is 5.34. The Labute approximate surface area is 54.8 Å². The van der Waals surface area contributed by atoms with Crippen LogP contribution in [0.3, 0.4) is 0 Å². The van der Waals surface area contributed by atoms with E-state index in [1.807, 2.05) is 0 Å². The highest BCUT2D eigenvalue weighted by atomic mass is 16.1. The van der Waals surface area contributed by atoms with E-state index in [0.29, 0.717) is 5.92 Å². The number of carbonyl (C=O) groups excluding carboxylic acids is 1. The Kier molecular flexibility index (Phi) is 0.981. The van der Waals surface area contributed by atoms with E-state index in [1.165, 1.54) is 19.3 Å². The van der Waals surface area contributed by atoms with Gasteiger partial charge in [0.05, 0.1) is 0 Å². The maximum absolute atomic E-state index is 10.3. The van der Waals surface area contributed by atoms with Gasteiger partial charge in [0.25, 0.3) is 0 Å². The second-order valence-electron chi connectivity index (χ2n) is 3.05. The van der Waals surface area contributed by atoms with Crippen LogP contribution in [-0.4, -0.2) is 6.29 Å². The average molecular weight is 122 g/mol. The monoisotopic (exact) mass is 122 g/mol. The van der Waals surface area contributed by atoms with Crippen molar-refractivity contribution in [1.29, 1.82) is 0 Å². The summed E-state index contributed by atoms with van der Waals surface area (Å²) in [5.41, 5.74) is 1.08. The normalized spacial score (nSPS) is 38.9. The number of fused-ring (bicyclic) bond motifs is 2. The molecule has 2 rings (SSSR count). The quantitative estimate of drug-likeness (QED) is 0.482. The van der Waals surface area contributed by atoms with Crippen LogP contribution in [-0.2, 0) is 4.79 Å². The Morgan fingerprint density at radius 2 is 2.44 bits per heavy atom. The van der Waals surface area contributed by atoms with Gasteiger partial charge in [-0.25, -0.2) is 0 Å². The van der Waals surface area contributed by atoms with E-state index in [2.05, 4.69) is 6.08 Å². The minimum atomic E-state index is 0.646. The molecule has 0 spiro atoms. The van der Waals surface area contributed by atoms with Crippen LogP contribution >= 0.6 is 0 Å². The average Bonchev–Trinajstić information content (AvgIpc) is 2.45. The SMILES string of the molecule is O=CC1=CC2CCC1C2. The molecular formula is C8H10O. The fourth-order valence-electron chi connectivity index (χ4n) is 2.01. The van der Waals surface area contributed by atoms with E-state index >= 15 is 0 Å². The molecule has 48 valence electrons. The molecule has 0 heterocycles. The van der Waals surface area contributed by atoms with Gasteiger partial charge in [0, 0.05) is 0 Å². The van der Waals surface area contributed by atoms with Crippen LogP contribution in [0, 0.1) is 11.8 Å². The minimum absolute atomic E-state index is 0.646. The van der Waals surface area contributed by atoms with Crippen molar-refractivity contribution in [3.05, 3.63) is 11.6 Å². The second kappa shape index (κ2) is 1.69. The molecule has 2 aliphatic carbocycles. The first-order valence-corrected chi connectivity index (χ1v) is 3.57. The summed E-state index contributed by atoms with van der Waals surface area (Å²) < 4.78 is 0. The third-order valence-electron chi connectivity index (χ3n) is 2.51. The van der Waals surface area contributed by atoms with Crippen molar-refractivity contribution in [1.82, 2.24) is 0 Å². The van der Waals surface area contributed by atoms with Crippen LogP contribution in [0.25, 0.3) is 0 Å². The fraction of sp³-hybridized carbons (Fsp3) is 0.625. The first kappa shape index (κ1) is 5.21. The molecule has 1 fully saturated rings. The lowest BCUT2D eigenvalue weighted by Crippen LogP contribution is -1.96. The Morgan fingerprint density at radius 3 is 2.78 bits per heavy atom. The van der Waals surface area contributed by atoms with Crippen LogP contribution in [0.5, 0.6) is 0 Å². The molecule has 2 unspecified atom stereocenters. The molecule has 1 saturated carbocycles. The molecule has 9 heavy (non-hydrogen) atoms. The largest absolute Gasteiger partial charge is 0.298 e. The van der Waals surface area contributed by atoms with Crippen molar-refractivity contribution in [2.45, 2.75) is 19.3 Å². The summed E-state index contributed by atoms with van der Waals surface area (Å²) in [6.07, 6.45) is 7.02. The number of hydrogen-bond donors (Lipinski definition) is 0. The molecule has 0 N–H and O–H groups in total. The highest BCUT2D eigenvalue weighted by molar-refractivity contribution is 5.75. The van der Waals surface area contributed by atoms with E-state index in [1.54, 1.807) is 0 Å². The lowest BCUT2D eigenvalue weighted by atomic mass is 10.0. The zero-order valence-corrected chi connectivity index (χ0v) is 5.34. The molecule has 0 saturated heterocycles. The van der Waals surface area contributed by atoms with Crippen LogP contribution in [0.4, 0.5) is 0 Å². The third kappa shape index (κ3) is 0.640. The maximum Gasteiger partial charge on any atom is 0.145 e. The standard InChI is InChI=1S/C8H10O/c9-5-8-4-6-1-2-7(8)3-6/h4-7H,1-3H2. The Hall–Kier alpha value is -0.590. The van der Waals surface area contributed by atoms with Gasteiger partial charge in [-0.05, 0) is 36.7 Å². The van der Waals surface area contributed by atoms with E-state index in [-0.39, 0.29) is 0 Å². The van der Waals surface area contributed by atoms with Gasteiger partial charge in [-0.1, -0.05) is 6.08 Å². The highest BCUT2D eigenvalue weighted by Gasteiger charge is 2.31. The van der Waals surface area contributed by atoms with Gasteiger partial charge in [-0.15, -0.1) is 0 Å². The van der Waals surface area contributed by atoms with E-state index in [0.717, 1.165) is 17.8 Å². The topological polar surface area (TPSA) is 17.1 Å². The smallest absolute Gasteiger partial charge is 0.145 e. The minimum Gasteiger partial charge on any atom is -0.298 e. The molecule has 0 amide bonds. The molecule has 0 radical (unpaired) electrons. The molecule has 1 nitrogen and oxygen atoms in total. The molecule has 1 heteroatoms. The Balaban J connectivity index is 2.26. The van der Waals surface area contributed by atoms with Crippen molar-refractivity contribution >= 4 is 6.29 Å². The molecule has 0 aromatic rings. The summed E-state index contributed by atoms with van der Waals surface area (Å²) in [5, 5.41) is 0. The lowest BCUT2D eigenvalue weighted by Gasteiger charge is -2.04.